The third-order valence-electron chi connectivity index (χ3n) is 3.97. The van der Waals surface area contributed by atoms with Crippen LogP contribution in [-0.2, 0) is 15.9 Å². The summed E-state index contributed by atoms with van der Waals surface area (Å²) in [7, 11) is -2.86. The first-order chi connectivity index (χ1) is 13.1. The number of nitrogens with one attached hydrogen (secondary N) is 1. The van der Waals surface area contributed by atoms with Gasteiger partial charge in [-0.2, -0.15) is 18.2 Å². The minimum Gasteiger partial charge on any atom is -0.431 e. The molecule has 0 saturated carbocycles. The van der Waals surface area contributed by atoms with E-state index in [2.05, 4.69) is 30.6 Å². The maximum absolute atomic E-state index is 13.0. The largest absolute Gasteiger partial charge is 0.433 e. The topological polar surface area (TPSA) is 68.0 Å². The molecule has 1 atom stereocenters. The minimum atomic E-state index is -4.53. The number of alkyl halides is 3. The van der Waals surface area contributed by atoms with Crippen molar-refractivity contribution in [1.29, 1.82) is 0 Å². The highest BCUT2D eigenvalue weighted by Crippen LogP contribution is 2.27. The van der Waals surface area contributed by atoms with Crippen molar-refractivity contribution < 1.29 is 21.8 Å². The molecule has 0 radical (unpaired) electrons. The Morgan fingerprint density at radius 2 is 1.86 bits per heavy atom. The Kier molecular flexibility index (Phi) is 5.53. The molecule has 0 aliphatic rings. The zero-order chi connectivity index (χ0) is 20.5. The van der Waals surface area contributed by atoms with Crippen molar-refractivity contribution in [1.82, 2.24) is 9.97 Å². The Labute approximate surface area is 168 Å². The van der Waals surface area contributed by atoms with Crippen LogP contribution in [0.3, 0.4) is 0 Å². The Bertz CT molecular complexity index is 1100. The second-order valence-electron chi connectivity index (χ2n) is 5.98. The molecule has 148 valence electrons. The predicted molar refractivity (Wildman–Crippen MR) is 106 cm³/mol. The molecule has 0 spiro atoms. The number of nitrogens with zero attached hydrogens (tertiary/aromatic N) is 2. The lowest BCUT2D eigenvalue weighted by molar-refractivity contribution is -0.141. The summed E-state index contributed by atoms with van der Waals surface area (Å²) in [5, 5.41) is 0. The number of hydrogen-bond acceptors (Lipinski definition) is 4. The number of hydrogen-bond donors (Lipinski definition) is 1. The van der Waals surface area contributed by atoms with Gasteiger partial charge in [0.2, 0.25) is 0 Å². The van der Waals surface area contributed by atoms with Gasteiger partial charge < -0.3 is 4.42 Å². The number of halogens is 4. The van der Waals surface area contributed by atoms with Gasteiger partial charge in [0.25, 0.3) is 0 Å². The van der Waals surface area contributed by atoms with Gasteiger partial charge in [-0.15, -0.1) is 0 Å². The molecule has 0 aliphatic heterocycles. The second kappa shape index (κ2) is 7.59. The van der Waals surface area contributed by atoms with Crippen molar-refractivity contribution in [3.05, 3.63) is 64.6 Å². The molecule has 28 heavy (non-hydrogen) atoms. The zero-order valence-electron chi connectivity index (χ0n) is 14.7. The van der Waals surface area contributed by atoms with Crippen molar-refractivity contribution >= 4 is 36.5 Å². The third-order valence-corrected chi connectivity index (χ3v) is 6.47. The van der Waals surface area contributed by atoms with E-state index in [1.165, 1.54) is 18.6 Å². The van der Waals surface area contributed by atoms with Crippen LogP contribution in [0, 0.1) is 0 Å². The number of oxazole rings is 1. The van der Waals surface area contributed by atoms with E-state index >= 15 is 0 Å². The number of pyridine rings is 1. The summed E-state index contributed by atoms with van der Waals surface area (Å²) >= 11 is 3.35. The molecule has 1 aromatic carbocycles. The van der Waals surface area contributed by atoms with Crippen LogP contribution >= 0.6 is 15.9 Å². The van der Waals surface area contributed by atoms with Gasteiger partial charge >= 0.3 is 12.2 Å². The summed E-state index contributed by atoms with van der Waals surface area (Å²) in [6.45, 7) is 1.55. The molecule has 10 heteroatoms. The van der Waals surface area contributed by atoms with Gasteiger partial charge in [-0.3, -0.25) is 9.71 Å². The van der Waals surface area contributed by atoms with Crippen molar-refractivity contribution in [3.63, 3.8) is 0 Å². The van der Waals surface area contributed by atoms with Gasteiger partial charge in [0.15, 0.2) is 0 Å². The molecule has 1 N–H and O–H groups in total. The quantitative estimate of drug-likeness (QED) is 0.427. The molecule has 2 heterocycles. The van der Waals surface area contributed by atoms with Crippen LogP contribution < -0.4 is 4.72 Å². The van der Waals surface area contributed by atoms with Gasteiger partial charge in [0, 0.05) is 32.9 Å². The molecular formula is C18H15BrF3N3O2S. The average Bonchev–Trinajstić information content (AvgIpc) is 3.08. The maximum atomic E-state index is 13.0. The fourth-order valence-electron chi connectivity index (χ4n) is 2.31. The SMILES string of the molecule is CC(c1ccc(C(F)(F)F)nc1)=S(C)(=O)Nc1nc(-c2ccc(Br)cc2)co1. The van der Waals surface area contributed by atoms with E-state index < -0.39 is 21.6 Å². The highest BCUT2D eigenvalue weighted by Gasteiger charge is 2.32. The fourth-order valence-corrected chi connectivity index (χ4v) is 3.73. The predicted octanol–water partition coefficient (Wildman–Crippen LogP) is 5.00. The lowest BCUT2D eigenvalue weighted by Crippen LogP contribution is -2.20. The standard InChI is InChI=1S/C18H15BrF3N3O2S/c1-11(13-5-8-16(23-9-13)18(20,21)22)28(2,26)25-17-24-15(10-27-17)12-3-6-14(19)7-4-12/h3-10H,1-2H3,(H,24,25,26). The van der Waals surface area contributed by atoms with Crippen molar-refractivity contribution in [2.45, 2.75) is 13.1 Å². The molecular weight excluding hydrogens is 459 g/mol. The first-order valence-corrected chi connectivity index (χ1v) is 10.7. The number of aromatic nitrogens is 2. The van der Waals surface area contributed by atoms with Crippen molar-refractivity contribution in [2.24, 2.45) is 0 Å². The molecule has 0 saturated heterocycles. The molecule has 0 aliphatic carbocycles. The van der Waals surface area contributed by atoms with Gasteiger partial charge in [0.1, 0.15) is 17.7 Å². The maximum Gasteiger partial charge on any atom is 0.433 e. The van der Waals surface area contributed by atoms with E-state index in [4.69, 9.17) is 4.42 Å². The van der Waals surface area contributed by atoms with Crippen LogP contribution in [-0.4, -0.2) is 25.3 Å². The molecule has 5 nitrogen and oxygen atoms in total. The van der Waals surface area contributed by atoms with Crippen LogP contribution in [0.4, 0.5) is 19.2 Å². The Hall–Kier alpha value is -2.33. The van der Waals surface area contributed by atoms with Crippen LogP contribution in [0.2, 0.25) is 0 Å². The summed E-state index contributed by atoms with van der Waals surface area (Å²) in [5.74, 6) is 0. The Morgan fingerprint density at radius 3 is 2.43 bits per heavy atom. The third kappa shape index (κ3) is 4.56. The monoisotopic (exact) mass is 473 g/mol. The van der Waals surface area contributed by atoms with E-state index in [-0.39, 0.29) is 6.01 Å². The molecule has 3 rings (SSSR count). The number of anilines is 1. The summed E-state index contributed by atoms with van der Waals surface area (Å²) in [6.07, 6.45) is -0.634. The van der Waals surface area contributed by atoms with Gasteiger partial charge in [0.05, 0.1) is 9.71 Å². The summed E-state index contributed by atoms with van der Waals surface area (Å²) < 4.78 is 59.9. The van der Waals surface area contributed by atoms with Crippen molar-refractivity contribution in [3.8, 4) is 11.3 Å². The lowest BCUT2D eigenvalue weighted by atomic mass is 10.2. The first kappa shape index (κ1) is 20.4. The van der Waals surface area contributed by atoms with Gasteiger partial charge in [-0.1, -0.05) is 34.1 Å². The molecule has 0 amide bonds. The molecule has 1 unspecified atom stereocenters. The van der Waals surface area contributed by atoms with E-state index in [9.17, 15) is 17.4 Å². The number of rotatable bonds is 4. The summed E-state index contributed by atoms with van der Waals surface area (Å²) in [4.78, 5) is 8.00. The van der Waals surface area contributed by atoms with Gasteiger partial charge in [-0.05, 0) is 25.1 Å². The molecule has 2 aromatic heterocycles. The normalized spacial score (nSPS) is 13.8. The highest BCUT2D eigenvalue weighted by molar-refractivity contribution is 9.10. The van der Waals surface area contributed by atoms with Crippen molar-refractivity contribution in [2.75, 3.05) is 11.0 Å². The van der Waals surface area contributed by atoms with Gasteiger partial charge in [-0.25, -0.2) is 4.21 Å². The second-order valence-corrected chi connectivity index (χ2v) is 9.40. The minimum absolute atomic E-state index is 0.0460. The first-order valence-electron chi connectivity index (χ1n) is 7.92. The Morgan fingerprint density at radius 1 is 1.18 bits per heavy atom. The van der Waals surface area contributed by atoms with Crippen LogP contribution in [0.15, 0.2) is 57.7 Å². The summed E-state index contributed by atoms with van der Waals surface area (Å²) in [6, 6.07) is 9.54. The molecule has 0 fully saturated rings. The smallest absolute Gasteiger partial charge is 0.431 e. The van der Waals surface area contributed by atoms with E-state index in [0.717, 1.165) is 22.3 Å². The number of benzene rings is 1. The highest BCUT2D eigenvalue weighted by atomic mass is 79.9. The lowest BCUT2D eigenvalue weighted by Gasteiger charge is -2.12. The Balaban J connectivity index is 1.86. The van der Waals surface area contributed by atoms with E-state index in [1.807, 2.05) is 24.3 Å². The zero-order valence-corrected chi connectivity index (χ0v) is 17.2. The molecule has 0 bridgehead atoms. The average molecular weight is 474 g/mol. The van der Waals surface area contributed by atoms with Crippen LogP contribution in [0.25, 0.3) is 11.3 Å². The fraction of sp³-hybridized carbons (Fsp3) is 0.167. The molecule has 3 aromatic rings. The van der Waals surface area contributed by atoms with Crippen LogP contribution in [0.1, 0.15) is 18.2 Å². The van der Waals surface area contributed by atoms with Crippen LogP contribution in [0.5, 0.6) is 0 Å². The van der Waals surface area contributed by atoms with E-state index in [1.54, 1.807) is 6.92 Å². The summed E-state index contributed by atoms with van der Waals surface area (Å²) in [5.41, 5.74) is 0.688. The van der Waals surface area contributed by atoms with E-state index in [0.29, 0.717) is 16.1 Å².